The van der Waals surface area contributed by atoms with Gasteiger partial charge in [-0.1, -0.05) is 43.0 Å². The Morgan fingerprint density at radius 3 is 2.37 bits per heavy atom. The normalized spacial score (nSPS) is 25.7. The second kappa shape index (κ2) is 8.70. The first-order chi connectivity index (χ1) is 14.6. The summed E-state index contributed by atoms with van der Waals surface area (Å²) in [6, 6.07) is 14.5. The lowest BCUT2D eigenvalue weighted by Crippen LogP contribution is -2.49. The van der Waals surface area contributed by atoms with Gasteiger partial charge in [0.25, 0.3) is 0 Å². The summed E-state index contributed by atoms with van der Waals surface area (Å²) in [5.41, 5.74) is 1.15. The molecule has 0 aromatic heterocycles. The number of ether oxygens (including phenoxy) is 3. The largest absolute Gasteiger partial charge is 0.496 e. The molecule has 2 bridgehead atoms. The van der Waals surface area contributed by atoms with E-state index in [4.69, 9.17) is 14.2 Å². The zero-order valence-corrected chi connectivity index (χ0v) is 17.8. The molecule has 1 N–H and O–H groups in total. The van der Waals surface area contributed by atoms with E-state index in [1.807, 2.05) is 36.4 Å². The minimum Gasteiger partial charge on any atom is -0.496 e. The Morgan fingerprint density at radius 2 is 1.70 bits per heavy atom. The van der Waals surface area contributed by atoms with Crippen molar-refractivity contribution in [1.29, 1.82) is 0 Å². The van der Waals surface area contributed by atoms with E-state index in [2.05, 4.69) is 17.5 Å². The number of piperidine rings is 1. The van der Waals surface area contributed by atoms with Crippen molar-refractivity contribution >= 4 is 0 Å². The van der Waals surface area contributed by atoms with Crippen LogP contribution in [0.3, 0.4) is 0 Å². The predicted molar refractivity (Wildman–Crippen MR) is 117 cm³/mol. The summed E-state index contributed by atoms with van der Waals surface area (Å²) in [4.78, 5) is 2.53. The van der Waals surface area contributed by atoms with Gasteiger partial charge in [0, 0.05) is 29.8 Å². The highest BCUT2D eigenvalue weighted by Gasteiger charge is 2.49. The van der Waals surface area contributed by atoms with Gasteiger partial charge in [0.05, 0.1) is 19.8 Å². The first kappa shape index (κ1) is 20.8. The fourth-order valence-corrected chi connectivity index (χ4v) is 5.17. The number of methoxy groups -OCH3 is 2. The van der Waals surface area contributed by atoms with Crippen LogP contribution >= 0.6 is 0 Å². The van der Waals surface area contributed by atoms with E-state index in [-0.39, 0.29) is 0 Å². The summed E-state index contributed by atoms with van der Waals surface area (Å²) >= 11 is 0. The van der Waals surface area contributed by atoms with Gasteiger partial charge in [0.15, 0.2) is 11.5 Å². The number of hydrogen-bond donors (Lipinski definition) is 1. The van der Waals surface area contributed by atoms with Crippen LogP contribution in [0.5, 0.6) is 17.2 Å². The minimum atomic E-state index is -0.856. The van der Waals surface area contributed by atoms with Crippen molar-refractivity contribution in [2.45, 2.75) is 49.9 Å². The Hall–Kier alpha value is -2.50. The summed E-state index contributed by atoms with van der Waals surface area (Å²) in [5, 5.41) is 11.6. The van der Waals surface area contributed by atoms with Crippen LogP contribution in [0.4, 0.5) is 0 Å². The van der Waals surface area contributed by atoms with E-state index in [0.29, 0.717) is 31.5 Å². The van der Waals surface area contributed by atoms with E-state index in [9.17, 15) is 5.11 Å². The molecule has 2 heterocycles. The van der Waals surface area contributed by atoms with Crippen molar-refractivity contribution in [3.8, 4) is 17.2 Å². The fraction of sp³-hybridized carbons (Fsp3) is 0.440. The summed E-state index contributed by atoms with van der Waals surface area (Å²) in [6.45, 7) is 4.97. The molecule has 0 unspecified atom stereocenters. The zero-order chi connectivity index (χ0) is 21.1. The van der Waals surface area contributed by atoms with Crippen molar-refractivity contribution < 1.29 is 19.3 Å². The SMILES string of the molecule is C=CCOc1c(CN2[C@@H]3CC[C@@H]2CC(O)(c2ccccc2OC)C3)cccc1OC. The van der Waals surface area contributed by atoms with Crippen molar-refractivity contribution in [2.24, 2.45) is 0 Å². The fourth-order valence-electron chi connectivity index (χ4n) is 5.17. The average molecular weight is 410 g/mol. The molecular formula is C25H31NO4. The maximum absolute atomic E-state index is 11.6. The molecule has 5 nitrogen and oxygen atoms in total. The first-order valence-corrected chi connectivity index (χ1v) is 10.6. The summed E-state index contributed by atoms with van der Waals surface area (Å²) in [7, 11) is 3.33. The molecule has 2 aliphatic rings. The van der Waals surface area contributed by atoms with Gasteiger partial charge in [0.2, 0.25) is 0 Å². The van der Waals surface area contributed by atoms with E-state index >= 15 is 0 Å². The Bertz CT molecular complexity index is 882. The molecule has 0 amide bonds. The van der Waals surface area contributed by atoms with Crippen LogP contribution in [0, 0.1) is 0 Å². The maximum Gasteiger partial charge on any atom is 0.166 e. The Morgan fingerprint density at radius 1 is 1.03 bits per heavy atom. The number of fused-ring (bicyclic) bond motifs is 2. The first-order valence-electron chi connectivity index (χ1n) is 10.6. The molecule has 4 rings (SSSR count). The summed E-state index contributed by atoms with van der Waals surface area (Å²) in [6.07, 6.45) is 5.34. The maximum atomic E-state index is 11.6. The molecule has 30 heavy (non-hydrogen) atoms. The zero-order valence-electron chi connectivity index (χ0n) is 17.8. The molecule has 0 saturated carbocycles. The van der Waals surface area contributed by atoms with Crippen LogP contribution in [0.15, 0.2) is 55.1 Å². The lowest BCUT2D eigenvalue weighted by molar-refractivity contribution is -0.0608. The van der Waals surface area contributed by atoms with Gasteiger partial charge >= 0.3 is 0 Å². The van der Waals surface area contributed by atoms with Crippen molar-refractivity contribution in [2.75, 3.05) is 20.8 Å². The van der Waals surface area contributed by atoms with Gasteiger partial charge in [-0.2, -0.15) is 0 Å². The number of rotatable bonds is 8. The Balaban J connectivity index is 1.58. The Kier molecular flexibility index (Phi) is 6.02. The molecule has 0 spiro atoms. The van der Waals surface area contributed by atoms with Crippen LogP contribution in [-0.4, -0.2) is 42.9 Å². The van der Waals surface area contributed by atoms with Gasteiger partial charge < -0.3 is 19.3 Å². The molecule has 0 aliphatic carbocycles. The van der Waals surface area contributed by atoms with Crippen molar-refractivity contribution in [3.05, 3.63) is 66.2 Å². The van der Waals surface area contributed by atoms with Crippen LogP contribution in [0.2, 0.25) is 0 Å². The predicted octanol–water partition coefficient (Wildman–Crippen LogP) is 4.28. The number of benzene rings is 2. The molecule has 160 valence electrons. The highest BCUT2D eigenvalue weighted by atomic mass is 16.5. The second-order valence-corrected chi connectivity index (χ2v) is 8.25. The average Bonchev–Trinajstić information content (AvgIpc) is 3.01. The Labute approximate surface area is 178 Å². The summed E-state index contributed by atoms with van der Waals surface area (Å²) < 4.78 is 17.0. The third-order valence-electron chi connectivity index (χ3n) is 6.50. The molecular weight excluding hydrogens is 378 g/mol. The minimum absolute atomic E-state index is 0.317. The van der Waals surface area contributed by atoms with Crippen LogP contribution in [0.1, 0.15) is 36.8 Å². The molecule has 2 aliphatic heterocycles. The molecule has 2 atom stereocenters. The number of nitrogens with zero attached hydrogens (tertiary/aromatic N) is 1. The third-order valence-corrected chi connectivity index (χ3v) is 6.50. The lowest BCUT2D eigenvalue weighted by Gasteiger charge is -2.44. The standard InChI is InChI=1S/C25H31NO4/c1-4-14-30-24-18(8-7-11-23(24)29-3)17-26-19-12-13-20(26)16-25(27,15-19)21-9-5-6-10-22(21)28-2/h4-11,19-20,27H,1,12-17H2,2-3H3/t19-,20-/m1/s1. The highest BCUT2D eigenvalue weighted by molar-refractivity contribution is 5.47. The topological polar surface area (TPSA) is 51.2 Å². The molecule has 0 radical (unpaired) electrons. The smallest absolute Gasteiger partial charge is 0.166 e. The van der Waals surface area contributed by atoms with Gasteiger partial charge in [-0.15, -0.1) is 0 Å². The van der Waals surface area contributed by atoms with E-state index in [0.717, 1.165) is 47.8 Å². The van der Waals surface area contributed by atoms with Gasteiger partial charge in [-0.05, 0) is 37.8 Å². The third kappa shape index (κ3) is 3.80. The van der Waals surface area contributed by atoms with Crippen LogP contribution < -0.4 is 14.2 Å². The van der Waals surface area contributed by atoms with Crippen LogP contribution in [-0.2, 0) is 12.1 Å². The molecule has 2 fully saturated rings. The van der Waals surface area contributed by atoms with E-state index < -0.39 is 5.60 Å². The monoisotopic (exact) mass is 409 g/mol. The molecule has 5 heteroatoms. The van der Waals surface area contributed by atoms with Gasteiger partial charge in [-0.25, -0.2) is 0 Å². The van der Waals surface area contributed by atoms with E-state index in [1.165, 1.54) is 0 Å². The van der Waals surface area contributed by atoms with Crippen molar-refractivity contribution in [1.82, 2.24) is 4.90 Å². The van der Waals surface area contributed by atoms with Crippen molar-refractivity contribution in [3.63, 3.8) is 0 Å². The van der Waals surface area contributed by atoms with E-state index in [1.54, 1.807) is 20.3 Å². The molecule has 2 saturated heterocycles. The number of hydrogen-bond acceptors (Lipinski definition) is 5. The number of para-hydroxylation sites is 2. The quantitative estimate of drug-likeness (QED) is 0.660. The second-order valence-electron chi connectivity index (χ2n) is 8.25. The molecule has 2 aromatic carbocycles. The number of aliphatic hydroxyl groups is 1. The van der Waals surface area contributed by atoms with Crippen LogP contribution in [0.25, 0.3) is 0 Å². The molecule has 2 aromatic rings. The van der Waals surface area contributed by atoms with Gasteiger partial charge in [0.1, 0.15) is 12.4 Å². The lowest BCUT2D eigenvalue weighted by atomic mass is 9.80. The van der Waals surface area contributed by atoms with Gasteiger partial charge in [-0.3, -0.25) is 4.90 Å². The highest BCUT2D eigenvalue weighted by Crippen LogP contribution is 2.48. The summed E-state index contributed by atoms with van der Waals surface area (Å²) in [5.74, 6) is 2.29.